The molecule has 1 aliphatic rings. The van der Waals surface area contributed by atoms with E-state index < -0.39 is 10.0 Å². The van der Waals surface area contributed by atoms with Gasteiger partial charge in [-0.2, -0.15) is 0 Å². The fourth-order valence-corrected chi connectivity index (χ4v) is 3.63. The second kappa shape index (κ2) is 7.76. The van der Waals surface area contributed by atoms with Gasteiger partial charge in [-0.3, -0.25) is 4.79 Å². The van der Waals surface area contributed by atoms with Crippen molar-refractivity contribution in [2.45, 2.75) is 11.8 Å². The summed E-state index contributed by atoms with van der Waals surface area (Å²) in [4.78, 5) is 14.0. The summed E-state index contributed by atoms with van der Waals surface area (Å²) in [5, 5.41) is 0. The lowest BCUT2D eigenvalue weighted by Crippen LogP contribution is -2.40. The highest BCUT2D eigenvalue weighted by atomic mass is 32.2. The average Bonchev–Trinajstić information content (AvgIpc) is 2.67. The highest BCUT2D eigenvalue weighted by Gasteiger charge is 2.21. The van der Waals surface area contributed by atoms with E-state index in [1.165, 1.54) is 17.0 Å². The molecule has 26 heavy (non-hydrogen) atoms. The number of sulfonamides is 1. The van der Waals surface area contributed by atoms with Crippen molar-refractivity contribution >= 4 is 21.6 Å². The predicted molar refractivity (Wildman–Crippen MR) is 97.1 cm³/mol. The number of nitrogens with one attached hydrogen (secondary N) is 1. The number of hydrogen-bond donors (Lipinski definition) is 1. The predicted octanol–water partition coefficient (Wildman–Crippen LogP) is 1.79. The smallest absolute Gasteiger partial charge is 0.242 e. The molecule has 7 nitrogen and oxygen atoms in total. The molecule has 0 unspecified atom stereocenters. The molecule has 0 bridgehead atoms. The van der Waals surface area contributed by atoms with Crippen LogP contribution in [0.5, 0.6) is 11.5 Å². The Balaban J connectivity index is 1.70. The number of carbonyl (C=O) groups is 1. The molecule has 1 heterocycles. The van der Waals surface area contributed by atoms with E-state index >= 15 is 0 Å². The van der Waals surface area contributed by atoms with E-state index in [2.05, 4.69) is 4.72 Å². The Morgan fingerprint density at radius 1 is 1.08 bits per heavy atom. The summed E-state index contributed by atoms with van der Waals surface area (Å²) >= 11 is 0. The number of rotatable bonds is 6. The lowest BCUT2D eigenvalue weighted by atomic mass is 10.3. The third-order valence-corrected chi connectivity index (χ3v) is 5.32. The van der Waals surface area contributed by atoms with Crippen molar-refractivity contribution in [3.8, 4) is 11.5 Å². The van der Waals surface area contributed by atoms with Gasteiger partial charge in [-0.25, -0.2) is 13.1 Å². The second-order valence-corrected chi connectivity index (χ2v) is 7.37. The van der Waals surface area contributed by atoms with Crippen LogP contribution in [-0.2, 0) is 14.8 Å². The third kappa shape index (κ3) is 3.97. The number of likely N-dealkylation sites (N-methyl/N-ethyl adjacent to an activating group) is 1. The van der Waals surface area contributed by atoms with E-state index in [4.69, 9.17) is 9.47 Å². The fraction of sp³-hybridized carbons (Fsp3) is 0.278. The second-order valence-electron chi connectivity index (χ2n) is 5.60. The molecule has 8 heteroatoms. The number of anilines is 1. The maximum absolute atomic E-state index is 12.5. The van der Waals surface area contributed by atoms with Crippen LogP contribution < -0.4 is 19.1 Å². The quantitative estimate of drug-likeness (QED) is 0.831. The van der Waals surface area contributed by atoms with Gasteiger partial charge >= 0.3 is 0 Å². The fourth-order valence-electron chi connectivity index (χ4n) is 2.64. The number of para-hydroxylation sites is 1. The standard InChI is InChI=1S/C18H20N2O5S/c1-2-20(14-6-4-3-5-7-14)18(21)13-19-26(22,23)15-8-9-16-17(12-15)25-11-10-24-16/h3-9,12,19H,2,10-11,13H2,1H3. The van der Waals surface area contributed by atoms with Crippen LogP contribution in [0.25, 0.3) is 0 Å². The first-order valence-corrected chi connectivity index (χ1v) is 9.74. The monoisotopic (exact) mass is 376 g/mol. The minimum Gasteiger partial charge on any atom is -0.486 e. The number of nitrogens with zero attached hydrogens (tertiary/aromatic N) is 1. The molecule has 3 rings (SSSR count). The van der Waals surface area contributed by atoms with Crippen LogP contribution in [-0.4, -0.2) is 40.6 Å². The molecular weight excluding hydrogens is 356 g/mol. The van der Waals surface area contributed by atoms with Crippen LogP contribution in [0.3, 0.4) is 0 Å². The highest BCUT2D eigenvalue weighted by molar-refractivity contribution is 7.89. The van der Waals surface area contributed by atoms with Crippen molar-refractivity contribution in [1.82, 2.24) is 4.72 Å². The summed E-state index contributed by atoms with van der Waals surface area (Å²) in [7, 11) is -3.85. The Kier molecular flexibility index (Phi) is 5.43. The Hall–Kier alpha value is -2.58. The van der Waals surface area contributed by atoms with Crippen LogP contribution >= 0.6 is 0 Å². The largest absolute Gasteiger partial charge is 0.486 e. The molecule has 2 aromatic rings. The van der Waals surface area contributed by atoms with Gasteiger partial charge < -0.3 is 14.4 Å². The summed E-state index contributed by atoms with van der Waals surface area (Å²) in [6, 6.07) is 13.5. The first-order chi connectivity index (χ1) is 12.5. The van der Waals surface area contributed by atoms with Gasteiger partial charge in [-0.05, 0) is 31.2 Å². The number of ether oxygens (including phenoxy) is 2. The van der Waals surface area contributed by atoms with Gasteiger partial charge in [0, 0.05) is 18.3 Å². The lowest BCUT2D eigenvalue weighted by Gasteiger charge is -2.21. The van der Waals surface area contributed by atoms with Crippen molar-refractivity contribution in [1.29, 1.82) is 0 Å². The van der Waals surface area contributed by atoms with Crippen molar-refractivity contribution in [3.05, 3.63) is 48.5 Å². The zero-order valence-corrected chi connectivity index (χ0v) is 15.2. The topological polar surface area (TPSA) is 84.9 Å². The van der Waals surface area contributed by atoms with E-state index in [1.54, 1.807) is 18.2 Å². The summed E-state index contributed by atoms with van der Waals surface area (Å²) in [6.45, 7) is 2.73. The molecule has 1 aliphatic heterocycles. The third-order valence-electron chi connectivity index (χ3n) is 3.92. The normalized spacial score (nSPS) is 13.3. The summed E-state index contributed by atoms with van der Waals surface area (Å²) in [5.74, 6) is 0.553. The van der Waals surface area contributed by atoms with Crippen LogP contribution in [0.2, 0.25) is 0 Å². The molecule has 1 N–H and O–H groups in total. The molecule has 0 aromatic heterocycles. The van der Waals surface area contributed by atoms with Gasteiger partial charge in [-0.15, -0.1) is 0 Å². The Morgan fingerprint density at radius 3 is 2.46 bits per heavy atom. The SMILES string of the molecule is CCN(C(=O)CNS(=O)(=O)c1ccc2c(c1)OCCO2)c1ccccc1. The summed E-state index contributed by atoms with van der Waals surface area (Å²) < 4.78 is 38.1. The van der Waals surface area contributed by atoms with Crippen LogP contribution in [0.1, 0.15) is 6.92 Å². The molecule has 138 valence electrons. The Morgan fingerprint density at radius 2 is 1.77 bits per heavy atom. The number of fused-ring (bicyclic) bond motifs is 1. The van der Waals surface area contributed by atoms with E-state index in [0.717, 1.165) is 5.69 Å². The lowest BCUT2D eigenvalue weighted by molar-refractivity contribution is -0.117. The summed E-state index contributed by atoms with van der Waals surface area (Å²) in [5.41, 5.74) is 0.721. The van der Waals surface area contributed by atoms with E-state index in [0.29, 0.717) is 31.3 Å². The summed E-state index contributed by atoms with van der Waals surface area (Å²) in [6.07, 6.45) is 0. The van der Waals surface area contributed by atoms with Gasteiger partial charge in [0.1, 0.15) is 13.2 Å². The molecule has 0 radical (unpaired) electrons. The minimum absolute atomic E-state index is 0.0253. The maximum Gasteiger partial charge on any atom is 0.242 e. The van der Waals surface area contributed by atoms with E-state index in [-0.39, 0.29) is 17.3 Å². The molecular formula is C18H20N2O5S. The number of benzene rings is 2. The Labute approximate surface area is 152 Å². The first kappa shape index (κ1) is 18.2. The van der Waals surface area contributed by atoms with Gasteiger partial charge in [-0.1, -0.05) is 18.2 Å². The minimum atomic E-state index is -3.85. The van der Waals surface area contributed by atoms with Gasteiger partial charge in [0.05, 0.1) is 11.4 Å². The molecule has 0 saturated heterocycles. The molecule has 2 aromatic carbocycles. The van der Waals surface area contributed by atoms with Gasteiger partial charge in [0.15, 0.2) is 11.5 Å². The molecule has 1 amide bonds. The van der Waals surface area contributed by atoms with Crippen LogP contribution in [0, 0.1) is 0 Å². The van der Waals surface area contributed by atoms with Gasteiger partial charge in [0.2, 0.25) is 15.9 Å². The number of hydrogen-bond acceptors (Lipinski definition) is 5. The van der Waals surface area contributed by atoms with Crippen molar-refractivity contribution in [2.75, 3.05) is 31.2 Å². The maximum atomic E-state index is 12.5. The molecule has 0 atom stereocenters. The zero-order valence-electron chi connectivity index (χ0n) is 14.3. The van der Waals surface area contributed by atoms with Crippen LogP contribution in [0.15, 0.2) is 53.4 Å². The highest BCUT2D eigenvalue weighted by Crippen LogP contribution is 2.32. The average molecular weight is 376 g/mol. The Bertz CT molecular complexity index is 884. The first-order valence-electron chi connectivity index (χ1n) is 8.26. The zero-order chi connectivity index (χ0) is 18.6. The molecule has 0 saturated carbocycles. The number of amides is 1. The van der Waals surface area contributed by atoms with Crippen molar-refractivity contribution < 1.29 is 22.7 Å². The molecule has 0 fully saturated rings. The molecule has 0 spiro atoms. The number of carbonyl (C=O) groups excluding carboxylic acids is 1. The van der Waals surface area contributed by atoms with E-state index in [1.807, 2.05) is 25.1 Å². The van der Waals surface area contributed by atoms with Crippen molar-refractivity contribution in [3.63, 3.8) is 0 Å². The van der Waals surface area contributed by atoms with Crippen LogP contribution in [0.4, 0.5) is 5.69 Å². The van der Waals surface area contributed by atoms with E-state index in [9.17, 15) is 13.2 Å². The molecule has 0 aliphatic carbocycles. The van der Waals surface area contributed by atoms with Crippen molar-refractivity contribution in [2.24, 2.45) is 0 Å². The van der Waals surface area contributed by atoms with Gasteiger partial charge in [0.25, 0.3) is 0 Å².